The molecule has 1 aliphatic carbocycles. The Labute approximate surface area is 190 Å². The summed E-state index contributed by atoms with van der Waals surface area (Å²) in [5.41, 5.74) is 9.40. The summed E-state index contributed by atoms with van der Waals surface area (Å²) in [4.78, 5) is 29.4. The number of anilines is 1. The Hall–Kier alpha value is -1.26. The standard InChI is InChI=1S/C20H22Br2N4O2S/c21-19-17-14(9-15(27)18(17)20(22)29-19)24-16(28)11-26-7-5-25(6-8-26)10-12-1-3-13(23)4-2-12/h1-4,14H,5-11,23H2,(H,24,28). The van der Waals surface area contributed by atoms with E-state index in [1.807, 2.05) is 12.1 Å². The quantitative estimate of drug-likeness (QED) is 0.567. The number of hydrogen-bond acceptors (Lipinski definition) is 6. The molecule has 1 aliphatic heterocycles. The molecule has 1 atom stereocenters. The minimum absolute atomic E-state index is 0.0307. The maximum absolute atomic E-state index is 12.6. The fourth-order valence-corrected chi connectivity index (χ4v) is 7.27. The van der Waals surface area contributed by atoms with Crippen LogP contribution in [0.1, 0.15) is 33.9 Å². The number of nitrogen functional groups attached to an aromatic ring is 1. The molecule has 2 aromatic rings. The normalized spacial score (nSPS) is 20.1. The van der Waals surface area contributed by atoms with Crippen molar-refractivity contribution in [3.8, 4) is 0 Å². The number of fused-ring (bicyclic) bond motifs is 1. The maximum Gasteiger partial charge on any atom is 0.234 e. The molecule has 2 heterocycles. The molecule has 9 heteroatoms. The molecule has 6 nitrogen and oxygen atoms in total. The van der Waals surface area contributed by atoms with Crippen LogP contribution in [0.15, 0.2) is 31.8 Å². The van der Waals surface area contributed by atoms with E-state index < -0.39 is 0 Å². The highest BCUT2D eigenvalue weighted by atomic mass is 79.9. The molecule has 1 fully saturated rings. The molecule has 1 aromatic carbocycles. The number of amides is 1. The molecule has 0 saturated carbocycles. The zero-order valence-corrected chi connectivity index (χ0v) is 19.8. The number of ketones is 1. The van der Waals surface area contributed by atoms with Crippen LogP contribution in [0, 0.1) is 0 Å². The first-order valence-electron chi connectivity index (χ1n) is 9.50. The lowest BCUT2D eigenvalue weighted by molar-refractivity contribution is -0.123. The third-order valence-electron chi connectivity index (χ3n) is 5.43. The predicted molar refractivity (Wildman–Crippen MR) is 122 cm³/mol. The van der Waals surface area contributed by atoms with Gasteiger partial charge in [0.1, 0.15) is 0 Å². The van der Waals surface area contributed by atoms with Gasteiger partial charge in [-0.05, 0) is 49.6 Å². The van der Waals surface area contributed by atoms with Gasteiger partial charge in [0, 0.05) is 56.0 Å². The summed E-state index contributed by atoms with van der Waals surface area (Å²) >= 11 is 8.46. The van der Waals surface area contributed by atoms with Gasteiger partial charge in [0.2, 0.25) is 5.91 Å². The smallest absolute Gasteiger partial charge is 0.234 e. The summed E-state index contributed by atoms with van der Waals surface area (Å²) in [5.74, 6) is 0.0484. The lowest BCUT2D eigenvalue weighted by Crippen LogP contribution is -2.49. The van der Waals surface area contributed by atoms with E-state index in [4.69, 9.17) is 5.73 Å². The summed E-state index contributed by atoms with van der Waals surface area (Å²) in [6.07, 6.45) is 0.330. The van der Waals surface area contributed by atoms with E-state index >= 15 is 0 Å². The van der Waals surface area contributed by atoms with Crippen molar-refractivity contribution in [1.82, 2.24) is 15.1 Å². The summed E-state index contributed by atoms with van der Waals surface area (Å²) in [6.45, 7) is 4.81. The number of piperazine rings is 1. The fourth-order valence-electron chi connectivity index (χ4n) is 3.90. The fraction of sp³-hybridized carbons (Fsp3) is 0.400. The average Bonchev–Trinajstić information content (AvgIpc) is 3.16. The van der Waals surface area contributed by atoms with E-state index in [-0.39, 0.29) is 17.7 Å². The van der Waals surface area contributed by atoms with Crippen LogP contribution in [0.2, 0.25) is 0 Å². The number of Topliss-reactive ketones (excluding diaryl/α,β-unsaturated/α-hetero) is 1. The van der Waals surface area contributed by atoms with Crippen molar-refractivity contribution in [2.24, 2.45) is 0 Å². The number of thiophene rings is 1. The molecule has 1 unspecified atom stereocenters. The molecule has 0 spiro atoms. The van der Waals surface area contributed by atoms with Gasteiger partial charge in [-0.25, -0.2) is 0 Å². The molecule has 29 heavy (non-hydrogen) atoms. The predicted octanol–water partition coefficient (Wildman–Crippen LogP) is 3.42. The number of carbonyl (C=O) groups is 2. The highest BCUT2D eigenvalue weighted by molar-refractivity contribution is 9.12. The van der Waals surface area contributed by atoms with Crippen molar-refractivity contribution >= 4 is 60.6 Å². The van der Waals surface area contributed by atoms with E-state index in [1.165, 1.54) is 16.9 Å². The molecular weight excluding hydrogens is 520 g/mol. The van der Waals surface area contributed by atoms with Crippen molar-refractivity contribution in [3.05, 3.63) is 48.5 Å². The van der Waals surface area contributed by atoms with Gasteiger partial charge < -0.3 is 11.1 Å². The number of benzene rings is 1. The highest BCUT2D eigenvalue weighted by Crippen LogP contribution is 2.46. The lowest BCUT2D eigenvalue weighted by atomic mass is 10.1. The van der Waals surface area contributed by atoms with Crippen LogP contribution in [-0.2, 0) is 11.3 Å². The van der Waals surface area contributed by atoms with Crippen molar-refractivity contribution in [1.29, 1.82) is 0 Å². The molecule has 154 valence electrons. The van der Waals surface area contributed by atoms with Crippen LogP contribution in [-0.4, -0.2) is 54.2 Å². The Morgan fingerprint density at radius 1 is 1.10 bits per heavy atom. The van der Waals surface area contributed by atoms with Gasteiger partial charge in [-0.15, -0.1) is 11.3 Å². The van der Waals surface area contributed by atoms with E-state index in [0.717, 1.165) is 51.5 Å². The molecule has 1 amide bonds. The van der Waals surface area contributed by atoms with Crippen LogP contribution in [0.4, 0.5) is 5.69 Å². The first-order valence-corrected chi connectivity index (χ1v) is 11.9. The summed E-state index contributed by atoms with van der Waals surface area (Å²) in [7, 11) is 0. The van der Waals surface area contributed by atoms with Crippen molar-refractivity contribution in [2.75, 3.05) is 38.5 Å². The van der Waals surface area contributed by atoms with Crippen molar-refractivity contribution < 1.29 is 9.59 Å². The zero-order valence-electron chi connectivity index (χ0n) is 15.8. The third kappa shape index (κ3) is 4.74. The number of halogens is 2. The minimum Gasteiger partial charge on any atom is -0.399 e. The Kier molecular flexibility index (Phi) is 6.41. The Balaban J connectivity index is 1.27. The zero-order chi connectivity index (χ0) is 20.5. The van der Waals surface area contributed by atoms with Gasteiger partial charge in [-0.2, -0.15) is 0 Å². The van der Waals surface area contributed by atoms with Gasteiger partial charge in [0.15, 0.2) is 5.78 Å². The van der Waals surface area contributed by atoms with Gasteiger partial charge in [-0.1, -0.05) is 12.1 Å². The summed E-state index contributed by atoms with van der Waals surface area (Å²) < 4.78 is 1.74. The summed E-state index contributed by atoms with van der Waals surface area (Å²) in [5, 5.41) is 3.05. The van der Waals surface area contributed by atoms with Crippen LogP contribution in [0.3, 0.4) is 0 Å². The van der Waals surface area contributed by atoms with Crippen molar-refractivity contribution in [3.63, 3.8) is 0 Å². The average molecular weight is 542 g/mol. The van der Waals surface area contributed by atoms with E-state index in [2.05, 4.69) is 59.1 Å². The van der Waals surface area contributed by atoms with Gasteiger partial charge in [-0.3, -0.25) is 19.4 Å². The maximum atomic E-state index is 12.6. The number of nitrogens with two attached hydrogens (primary N) is 1. The molecule has 0 bridgehead atoms. The van der Waals surface area contributed by atoms with Crippen LogP contribution >= 0.6 is 43.2 Å². The number of nitrogens with one attached hydrogen (secondary N) is 1. The topological polar surface area (TPSA) is 78.7 Å². The first-order chi connectivity index (χ1) is 13.9. The largest absolute Gasteiger partial charge is 0.399 e. The van der Waals surface area contributed by atoms with Gasteiger partial charge >= 0.3 is 0 Å². The molecule has 1 saturated heterocycles. The minimum atomic E-state index is -0.242. The lowest BCUT2D eigenvalue weighted by Gasteiger charge is -2.34. The second kappa shape index (κ2) is 8.85. The Morgan fingerprint density at radius 2 is 1.76 bits per heavy atom. The van der Waals surface area contributed by atoms with Crippen LogP contribution < -0.4 is 11.1 Å². The molecule has 0 radical (unpaired) electrons. The second-order valence-electron chi connectivity index (χ2n) is 7.48. The van der Waals surface area contributed by atoms with Gasteiger partial charge in [0.05, 0.1) is 20.2 Å². The van der Waals surface area contributed by atoms with E-state index in [9.17, 15) is 9.59 Å². The number of rotatable bonds is 5. The summed E-state index contributed by atoms with van der Waals surface area (Å²) in [6, 6.07) is 7.74. The molecule has 3 N–H and O–H groups in total. The van der Waals surface area contributed by atoms with Gasteiger partial charge in [0.25, 0.3) is 0 Å². The van der Waals surface area contributed by atoms with Crippen molar-refractivity contribution in [2.45, 2.75) is 19.0 Å². The highest BCUT2D eigenvalue weighted by Gasteiger charge is 2.36. The van der Waals surface area contributed by atoms with Crippen LogP contribution in [0.5, 0.6) is 0 Å². The SMILES string of the molecule is Nc1ccc(CN2CCN(CC(=O)NC3CC(=O)c4c(Br)sc(Br)c43)CC2)cc1. The monoisotopic (exact) mass is 540 g/mol. The Morgan fingerprint density at radius 3 is 2.45 bits per heavy atom. The number of nitrogens with zero attached hydrogens (tertiary/aromatic N) is 2. The molecular formula is C20H22Br2N4O2S. The van der Waals surface area contributed by atoms with E-state index in [0.29, 0.717) is 18.5 Å². The van der Waals surface area contributed by atoms with Crippen LogP contribution in [0.25, 0.3) is 0 Å². The second-order valence-corrected chi connectivity index (χ2v) is 11.1. The first kappa shape index (κ1) is 21.0. The molecule has 1 aromatic heterocycles. The number of carbonyl (C=O) groups excluding carboxylic acids is 2. The Bertz CT molecular complexity index is 923. The van der Waals surface area contributed by atoms with E-state index in [1.54, 1.807) is 0 Å². The number of hydrogen-bond donors (Lipinski definition) is 2. The third-order valence-corrected chi connectivity index (χ3v) is 8.00. The molecule has 2 aliphatic rings. The molecule has 4 rings (SSSR count).